The van der Waals surface area contributed by atoms with Crippen molar-refractivity contribution < 1.29 is 19.3 Å². The highest BCUT2D eigenvalue weighted by Gasteiger charge is 2.44. The van der Waals surface area contributed by atoms with Crippen LogP contribution in [0.15, 0.2) is 30.3 Å². The van der Waals surface area contributed by atoms with Crippen LogP contribution in [-0.2, 0) is 20.8 Å². The molecule has 1 saturated heterocycles. The zero-order valence-electron chi connectivity index (χ0n) is 13.3. The minimum atomic E-state index is -0.593. The molecule has 0 bridgehead atoms. The molecule has 1 fully saturated rings. The van der Waals surface area contributed by atoms with Gasteiger partial charge in [0.2, 0.25) is 0 Å². The second-order valence-electron chi connectivity index (χ2n) is 6.73. The lowest BCUT2D eigenvalue weighted by atomic mass is 9.84. The van der Waals surface area contributed by atoms with Crippen LogP contribution in [0.2, 0.25) is 0 Å². The van der Waals surface area contributed by atoms with Gasteiger partial charge >= 0.3 is 0 Å². The highest BCUT2D eigenvalue weighted by molar-refractivity contribution is 5.13. The predicted octanol–water partition coefficient (Wildman–Crippen LogP) is 2.74. The van der Waals surface area contributed by atoms with Gasteiger partial charge in [-0.25, -0.2) is 0 Å². The van der Waals surface area contributed by atoms with Crippen LogP contribution in [0.3, 0.4) is 0 Å². The third-order valence-corrected chi connectivity index (χ3v) is 3.82. The summed E-state index contributed by atoms with van der Waals surface area (Å²) in [6, 6.07) is 10.0. The molecular formula is C17H26O4. The number of benzene rings is 1. The molecule has 2 rings (SSSR count). The molecule has 1 heterocycles. The van der Waals surface area contributed by atoms with Gasteiger partial charge in [-0.1, -0.05) is 44.2 Å². The van der Waals surface area contributed by atoms with E-state index < -0.39 is 11.2 Å². The first-order chi connectivity index (χ1) is 9.84. The molecule has 0 unspecified atom stereocenters. The van der Waals surface area contributed by atoms with Crippen molar-refractivity contribution in [2.24, 2.45) is 5.41 Å². The molecule has 0 amide bonds. The molecule has 0 radical (unpaired) electrons. The summed E-state index contributed by atoms with van der Waals surface area (Å²) < 4.78 is 17.7. The second kappa shape index (κ2) is 6.44. The number of aliphatic hydroxyl groups excluding tert-OH is 1. The zero-order valence-corrected chi connectivity index (χ0v) is 13.3. The molecule has 0 saturated carbocycles. The second-order valence-corrected chi connectivity index (χ2v) is 6.73. The fourth-order valence-electron chi connectivity index (χ4n) is 2.55. The quantitative estimate of drug-likeness (QED) is 0.876. The average Bonchev–Trinajstić information content (AvgIpc) is 2.80. The summed E-state index contributed by atoms with van der Waals surface area (Å²) in [4.78, 5) is 0. The maximum Gasteiger partial charge on any atom is 0.163 e. The third-order valence-electron chi connectivity index (χ3n) is 3.82. The normalized spacial score (nSPS) is 23.2. The minimum absolute atomic E-state index is 0.0345. The molecule has 1 aromatic rings. The minimum Gasteiger partial charge on any atom is -0.396 e. The lowest BCUT2D eigenvalue weighted by molar-refractivity contribution is -0.176. The van der Waals surface area contributed by atoms with Gasteiger partial charge in [0.1, 0.15) is 6.10 Å². The topological polar surface area (TPSA) is 47.9 Å². The van der Waals surface area contributed by atoms with E-state index in [1.807, 2.05) is 58.0 Å². The van der Waals surface area contributed by atoms with Gasteiger partial charge in [-0.15, -0.1) is 0 Å². The van der Waals surface area contributed by atoms with Gasteiger partial charge < -0.3 is 19.3 Å². The van der Waals surface area contributed by atoms with Crippen LogP contribution in [-0.4, -0.2) is 36.3 Å². The van der Waals surface area contributed by atoms with E-state index in [1.165, 1.54) is 0 Å². The fraction of sp³-hybridized carbons (Fsp3) is 0.647. The van der Waals surface area contributed by atoms with E-state index in [0.717, 1.165) is 5.56 Å². The summed E-state index contributed by atoms with van der Waals surface area (Å²) in [5.74, 6) is -0.593. The molecule has 1 aromatic carbocycles. The van der Waals surface area contributed by atoms with Crippen molar-refractivity contribution in [3.05, 3.63) is 35.9 Å². The molecule has 4 heteroatoms. The largest absolute Gasteiger partial charge is 0.396 e. The number of rotatable bonds is 6. The Balaban J connectivity index is 2.06. The maximum absolute atomic E-state index is 9.68. The lowest BCUT2D eigenvalue weighted by Gasteiger charge is -2.36. The Morgan fingerprint density at radius 1 is 1.33 bits per heavy atom. The summed E-state index contributed by atoms with van der Waals surface area (Å²) >= 11 is 0. The van der Waals surface area contributed by atoms with E-state index >= 15 is 0 Å². The van der Waals surface area contributed by atoms with E-state index in [9.17, 15) is 5.11 Å². The molecule has 0 aromatic heterocycles. The van der Waals surface area contributed by atoms with Gasteiger partial charge in [-0.2, -0.15) is 0 Å². The molecule has 2 atom stereocenters. The van der Waals surface area contributed by atoms with E-state index in [2.05, 4.69) is 0 Å². The van der Waals surface area contributed by atoms with Crippen LogP contribution in [0.4, 0.5) is 0 Å². The summed E-state index contributed by atoms with van der Waals surface area (Å²) in [6.45, 7) is 8.77. The van der Waals surface area contributed by atoms with Crippen LogP contribution in [0.25, 0.3) is 0 Å². The Morgan fingerprint density at radius 3 is 2.52 bits per heavy atom. The average molecular weight is 294 g/mol. The Hall–Kier alpha value is -0.940. The molecule has 1 aliphatic rings. The first-order valence-electron chi connectivity index (χ1n) is 7.42. The molecular weight excluding hydrogens is 268 g/mol. The fourth-order valence-corrected chi connectivity index (χ4v) is 2.55. The van der Waals surface area contributed by atoms with Gasteiger partial charge in [-0.3, -0.25) is 0 Å². The van der Waals surface area contributed by atoms with Crippen molar-refractivity contribution in [2.75, 3.05) is 13.2 Å². The number of hydrogen-bond donors (Lipinski definition) is 1. The SMILES string of the molecule is CC1(C)OC[C@H]([C@H](OCc2ccccc2)C(C)(C)CO)O1. The first-order valence-corrected chi connectivity index (χ1v) is 7.42. The molecule has 0 aliphatic carbocycles. The van der Waals surface area contributed by atoms with Crippen LogP contribution < -0.4 is 0 Å². The summed E-state index contributed by atoms with van der Waals surface area (Å²) in [6.07, 6.45) is -0.407. The van der Waals surface area contributed by atoms with Crippen LogP contribution >= 0.6 is 0 Å². The standard InChI is InChI=1S/C17H26O4/c1-16(2,12-18)15(14-11-20-17(3,4)21-14)19-10-13-8-6-5-7-9-13/h5-9,14-15,18H,10-12H2,1-4H3/t14-,15+/m1/s1. The van der Waals surface area contributed by atoms with Crippen molar-refractivity contribution in [3.8, 4) is 0 Å². The third kappa shape index (κ3) is 4.27. The maximum atomic E-state index is 9.68. The molecule has 4 nitrogen and oxygen atoms in total. The molecule has 0 spiro atoms. The van der Waals surface area contributed by atoms with Crippen molar-refractivity contribution in [3.63, 3.8) is 0 Å². The number of ether oxygens (including phenoxy) is 3. The molecule has 21 heavy (non-hydrogen) atoms. The Bertz CT molecular complexity index is 441. The van der Waals surface area contributed by atoms with Crippen molar-refractivity contribution in [1.82, 2.24) is 0 Å². The first kappa shape index (κ1) is 16.4. The monoisotopic (exact) mass is 294 g/mol. The van der Waals surface area contributed by atoms with E-state index in [-0.39, 0.29) is 18.8 Å². The highest BCUT2D eigenvalue weighted by atomic mass is 16.7. The van der Waals surface area contributed by atoms with Gasteiger partial charge in [0.05, 0.1) is 25.9 Å². The van der Waals surface area contributed by atoms with E-state index in [4.69, 9.17) is 14.2 Å². The van der Waals surface area contributed by atoms with E-state index in [1.54, 1.807) is 0 Å². The Morgan fingerprint density at radius 2 is 2.00 bits per heavy atom. The highest BCUT2D eigenvalue weighted by Crippen LogP contribution is 2.34. The Labute approximate surface area is 127 Å². The molecule has 1 aliphatic heterocycles. The van der Waals surface area contributed by atoms with Gasteiger partial charge in [0.15, 0.2) is 5.79 Å². The van der Waals surface area contributed by atoms with Crippen molar-refractivity contribution in [2.45, 2.75) is 52.3 Å². The molecule has 1 N–H and O–H groups in total. The van der Waals surface area contributed by atoms with Crippen LogP contribution in [0, 0.1) is 5.41 Å². The summed E-state index contributed by atoms with van der Waals surface area (Å²) in [5, 5.41) is 9.68. The Kier molecular flexibility index (Phi) is 5.04. The van der Waals surface area contributed by atoms with Crippen molar-refractivity contribution >= 4 is 0 Å². The summed E-state index contributed by atoms with van der Waals surface area (Å²) in [5.41, 5.74) is 0.706. The van der Waals surface area contributed by atoms with E-state index in [0.29, 0.717) is 13.2 Å². The van der Waals surface area contributed by atoms with Gasteiger partial charge in [-0.05, 0) is 19.4 Å². The van der Waals surface area contributed by atoms with Gasteiger partial charge in [0.25, 0.3) is 0 Å². The van der Waals surface area contributed by atoms with Crippen LogP contribution in [0.5, 0.6) is 0 Å². The lowest BCUT2D eigenvalue weighted by Crippen LogP contribution is -2.45. The zero-order chi connectivity index (χ0) is 15.5. The van der Waals surface area contributed by atoms with Crippen LogP contribution in [0.1, 0.15) is 33.3 Å². The summed E-state index contributed by atoms with van der Waals surface area (Å²) in [7, 11) is 0. The number of aliphatic hydroxyl groups is 1. The smallest absolute Gasteiger partial charge is 0.163 e. The predicted molar refractivity (Wildman–Crippen MR) is 80.8 cm³/mol. The van der Waals surface area contributed by atoms with Gasteiger partial charge in [0, 0.05) is 5.41 Å². The number of hydrogen-bond acceptors (Lipinski definition) is 4. The molecule has 118 valence electrons. The van der Waals surface area contributed by atoms with Crippen molar-refractivity contribution in [1.29, 1.82) is 0 Å².